The molecule has 0 aliphatic rings. The van der Waals surface area contributed by atoms with Crippen LogP contribution in [0.15, 0.2) is 17.5 Å². The Kier molecular flexibility index (Phi) is 4.99. The minimum absolute atomic E-state index is 0.481. The summed E-state index contributed by atoms with van der Waals surface area (Å²) in [5.41, 5.74) is 2.43. The summed E-state index contributed by atoms with van der Waals surface area (Å²) in [4.78, 5) is 4.49. The number of nitrogens with one attached hydrogen (secondary N) is 1. The highest BCUT2D eigenvalue weighted by Gasteiger charge is 2.10. The molecule has 2 nitrogen and oxygen atoms in total. The second-order valence-electron chi connectivity index (χ2n) is 3.98. The molecule has 84 valence electrons. The Balaban J connectivity index is 2.53. The van der Waals surface area contributed by atoms with E-state index in [1.54, 1.807) is 11.3 Å². The first-order valence-corrected chi connectivity index (χ1v) is 6.28. The highest BCUT2D eigenvalue weighted by atomic mass is 32.1. The first-order valence-electron chi connectivity index (χ1n) is 5.40. The van der Waals surface area contributed by atoms with E-state index in [-0.39, 0.29) is 0 Å². The van der Waals surface area contributed by atoms with Crippen molar-refractivity contribution < 1.29 is 0 Å². The van der Waals surface area contributed by atoms with Gasteiger partial charge in [-0.3, -0.25) is 0 Å². The van der Waals surface area contributed by atoms with Crippen LogP contribution in [0.5, 0.6) is 0 Å². The van der Waals surface area contributed by atoms with Gasteiger partial charge in [-0.2, -0.15) is 0 Å². The molecule has 0 saturated carbocycles. The Morgan fingerprint density at radius 1 is 1.67 bits per heavy atom. The van der Waals surface area contributed by atoms with Gasteiger partial charge in [0.1, 0.15) is 0 Å². The van der Waals surface area contributed by atoms with Crippen LogP contribution in [0.4, 0.5) is 0 Å². The summed E-state index contributed by atoms with van der Waals surface area (Å²) in [6, 6.07) is 0.481. The van der Waals surface area contributed by atoms with Gasteiger partial charge < -0.3 is 5.32 Å². The van der Waals surface area contributed by atoms with Crippen molar-refractivity contribution in [2.75, 3.05) is 6.54 Å². The Bertz CT molecular complexity index is 317. The molecular weight excluding hydrogens is 204 g/mol. The van der Waals surface area contributed by atoms with Crippen LogP contribution < -0.4 is 5.32 Å². The largest absolute Gasteiger partial charge is 0.314 e. The summed E-state index contributed by atoms with van der Waals surface area (Å²) in [6.07, 6.45) is 2.04. The summed E-state index contributed by atoms with van der Waals surface area (Å²) in [5, 5.41) is 6.78. The standard InChI is InChI=1S/C12H20N2S/c1-5-13-11(6-9(2)3)7-12-8-15-10(4)14-12/h8,11,13H,2,5-7H2,1,3-4H3. The molecule has 1 atom stereocenters. The van der Waals surface area contributed by atoms with Crippen LogP contribution in [0.2, 0.25) is 0 Å². The number of thiazole rings is 1. The van der Waals surface area contributed by atoms with Crippen molar-refractivity contribution in [1.82, 2.24) is 10.3 Å². The van der Waals surface area contributed by atoms with Crippen LogP contribution in [0.25, 0.3) is 0 Å². The summed E-state index contributed by atoms with van der Waals surface area (Å²) >= 11 is 1.72. The van der Waals surface area contributed by atoms with Gasteiger partial charge in [0.25, 0.3) is 0 Å². The minimum atomic E-state index is 0.481. The van der Waals surface area contributed by atoms with Gasteiger partial charge in [0.2, 0.25) is 0 Å². The molecule has 0 aliphatic heterocycles. The van der Waals surface area contributed by atoms with Gasteiger partial charge in [-0.15, -0.1) is 17.9 Å². The van der Waals surface area contributed by atoms with E-state index in [2.05, 4.69) is 43.0 Å². The van der Waals surface area contributed by atoms with Gasteiger partial charge in [-0.1, -0.05) is 12.5 Å². The van der Waals surface area contributed by atoms with E-state index >= 15 is 0 Å². The van der Waals surface area contributed by atoms with Crippen LogP contribution in [0.3, 0.4) is 0 Å². The number of hydrogen-bond acceptors (Lipinski definition) is 3. The molecule has 0 fully saturated rings. The number of nitrogens with zero attached hydrogens (tertiary/aromatic N) is 1. The van der Waals surface area contributed by atoms with E-state index < -0.39 is 0 Å². The number of hydrogen-bond donors (Lipinski definition) is 1. The van der Waals surface area contributed by atoms with Crippen molar-refractivity contribution in [1.29, 1.82) is 0 Å². The van der Waals surface area contributed by atoms with Crippen molar-refractivity contribution in [3.63, 3.8) is 0 Å². The average Bonchev–Trinajstić information content (AvgIpc) is 2.50. The summed E-state index contributed by atoms with van der Waals surface area (Å²) in [7, 11) is 0. The monoisotopic (exact) mass is 224 g/mol. The lowest BCUT2D eigenvalue weighted by Gasteiger charge is -2.16. The molecule has 1 aromatic rings. The molecule has 15 heavy (non-hydrogen) atoms. The Morgan fingerprint density at radius 3 is 2.87 bits per heavy atom. The van der Waals surface area contributed by atoms with Gasteiger partial charge in [-0.05, 0) is 26.8 Å². The van der Waals surface area contributed by atoms with Crippen molar-refractivity contribution in [2.24, 2.45) is 0 Å². The van der Waals surface area contributed by atoms with E-state index in [1.165, 1.54) is 11.3 Å². The maximum Gasteiger partial charge on any atom is 0.0897 e. The quantitative estimate of drug-likeness (QED) is 0.752. The predicted molar refractivity (Wildman–Crippen MR) is 67.5 cm³/mol. The molecule has 0 spiro atoms. The smallest absolute Gasteiger partial charge is 0.0897 e. The molecule has 0 saturated heterocycles. The van der Waals surface area contributed by atoms with Gasteiger partial charge in [0.05, 0.1) is 10.7 Å². The molecule has 0 aromatic carbocycles. The molecule has 0 aliphatic carbocycles. The molecule has 1 rings (SSSR count). The SMILES string of the molecule is C=C(C)CC(Cc1csc(C)n1)NCC. The number of rotatable bonds is 6. The molecule has 1 heterocycles. The molecule has 0 radical (unpaired) electrons. The van der Waals surface area contributed by atoms with Gasteiger partial charge in [0.15, 0.2) is 0 Å². The van der Waals surface area contributed by atoms with Crippen LogP contribution in [-0.4, -0.2) is 17.6 Å². The van der Waals surface area contributed by atoms with Crippen LogP contribution in [0.1, 0.15) is 31.0 Å². The molecule has 3 heteroatoms. The fourth-order valence-corrected chi connectivity index (χ4v) is 2.31. The van der Waals surface area contributed by atoms with Gasteiger partial charge in [-0.25, -0.2) is 4.98 Å². The maximum atomic E-state index is 4.49. The fraction of sp³-hybridized carbons (Fsp3) is 0.583. The zero-order chi connectivity index (χ0) is 11.3. The number of aryl methyl sites for hydroxylation is 1. The number of aromatic nitrogens is 1. The van der Waals surface area contributed by atoms with Crippen molar-refractivity contribution in [2.45, 2.75) is 39.7 Å². The van der Waals surface area contributed by atoms with Crippen molar-refractivity contribution in [3.05, 3.63) is 28.2 Å². The van der Waals surface area contributed by atoms with E-state index in [9.17, 15) is 0 Å². The molecular formula is C12H20N2S. The molecule has 0 amide bonds. The van der Waals surface area contributed by atoms with Gasteiger partial charge in [0, 0.05) is 17.8 Å². The summed E-state index contributed by atoms with van der Waals surface area (Å²) in [6.45, 7) is 11.2. The van der Waals surface area contributed by atoms with E-state index in [0.29, 0.717) is 6.04 Å². The van der Waals surface area contributed by atoms with Crippen molar-refractivity contribution in [3.8, 4) is 0 Å². The maximum absolute atomic E-state index is 4.49. The summed E-state index contributed by atoms with van der Waals surface area (Å²) in [5.74, 6) is 0. The normalized spacial score (nSPS) is 12.7. The van der Waals surface area contributed by atoms with Crippen LogP contribution in [-0.2, 0) is 6.42 Å². The molecule has 1 aromatic heterocycles. The highest BCUT2D eigenvalue weighted by Crippen LogP contribution is 2.13. The average molecular weight is 224 g/mol. The third kappa shape index (κ3) is 4.58. The molecule has 1 N–H and O–H groups in total. The van der Waals surface area contributed by atoms with E-state index in [1.807, 2.05) is 0 Å². The van der Waals surface area contributed by atoms with E-state index in [0.717, 1.165) is 24.4 Å². The lowest BCUT2D eigenvalue weighted by atomic mass is 10.0. The zero-order valence-corrected chi connectivity index (χ0v) is 10.7. The third-order valence-corrected chi connectivity index (χ3v) is 3.03. The second-order valence-corrected chi connectivity index (χ2v) is 5.04. The topological polar surface area (TPSA) is 24.9 Å². The zero-order valence-electron chi connectivity index (χ0n) is 9.84. The minimum Gasteiger partial charge on any atom is -0.314 e. The lowest BCUT2D eigenvalue weighted by molar-refractivity contribution is 0.516. The van der Waals surface area contributed by atoms with Crippen LogP contribution in [0, 0.1) is 6.92 Å². The van der Waals surface area contributed by atoms with Gasteiger partial charge >= 0.3 is 0 Å². The van der Waals surface area contributed by atoms with Crippen LogP contribution >= 0.6 is 11.3 Å². The molecule has 0 bridgehead atoms. The third-order valence-electron chi connectivity index (χ3n) is 2.21. The fourth-order valence-electron chi connectivity index (χ4n) is 1.68. The predicted octanol–water partition coefficient (Wildman–Crippen LogP) is 2.94. The van der Waals surface area contributed by atoms with Crippen molar-refractivity contribution >= 4 is 11.3 Å². The number of likely N-dealkylation sites (N-methyl/N-ethyl adjacent to an activating group) is 1. The molecule has 1 unspecified atom stereocenters. The summed E-state index contributed by atoms with van der Waals surface area (Å²) < 4.78 is 0. The van der Waals surface area contributed by atoms with E-state index in [4.69, 9.17) is 0 Å². The highest BCUT2D eigenvalue weighted by molar-refractivity contribution is 7.09. The Labute approximate surface area is 96.4 Å². The lowest BCUT2D eigenvalue weighted by Crippen LogP contribution is -2.31. The Morgan fingerprint density at radius 2 is 2.40 bits per heavy atom. The second kappa shape index (κ2) is 6.03. The first kappa shape index (κ1) is 12.4. The first-order chi connectivity index (χ1) is 7.11. The Hall–Kier alpha value is -0.670.